The number of nitrogens with zero attached hydrogens (tertiary/aromatic N) is 2. The summed E-state index contributed by atoms with van der Waals surface area (Å²) in [4.78, 5) is 0.295. The Morgan fingerprint density at radius 2 is 2.19 bits per heavy atom. The maximum absolute atomic E-state index is 12.8. The third-order valence-corrected chi connectivity index (χ3v) is 6.44. The second kappa shape index (κ2) is 5.41. The maximum atomic E-state index is 12.8. The van der Waals surface area contributed by atoms with Crippen LogP contribution < -0.4 is 5.32 Å². The van der Waals surface area contributed by atoms with E-state index in [9.17, 15) is 8.42 Å². The molecule has 0 spiro atoms. The number of fused-ring (bicyclic) bond motifs is 1. The molecule has 1 N–H and O–H groups in total. The Balaban J connectivity index is 1.87. The number of hydrogen-bond donors (Lipinski definition) is 1. The first-order chi connectivity index (χ1) is 10.0. The molecule has 0 saturated carbocycles. The fourth-order valence-electron chi connectivity index (χ4n) is 3.30. The number of hydrogen-bond acceptors (Lipinski definition) is 4. The molecule has 2 heterocycles. The van der Waals surface area contributed by atoms with E-state index in [0.29, 0.717) is 41.1 Å². The highest BCUT2D eigenvalue weighted by atomic mass is 32.2. The van der Waals surface area contributed by atoms with Crippen LogP contribution in [0.4, 0.5) is 0 Å². The largest absolute Gasteiger partial charge is 0.314 e. The normalized spacial score (nSPS) is 26.3. The molecule has 5 nitrogen and oxygen atoms in total. The predicted octanol–water partition coefficient (Wildman–Crippen LogP) is 1.24. The van der Waals surface area contributed by atoms with E-state index >= 15 is 0 Å². The van der Waals surface area contributed by atoms with Gasteiger partial charge in [-0.3, -0.25) is 0 Å². The summed E-state index contributed by atoms with van der Waals surface area (Å²) < 4.78 is 27.1. The number of sulfonamides is 1. The van der Waals surface area contributed by atoms with Crippen molar-refractivity contribution in [2.45, 2.75) is 30.7 Å². The van der Waals surface area contributed by atoms with Gasteiger partial charge in [-0.1, -0.05) is 0 Å². The highest BCUT2D eigenvalue weighted by Gasteiger charge is 2.37. The van der Waals surface area contributed by atoms with Gasteiger partial charge in [0.15, 0.2) is 0 Å². The van der Waals surface area contributed by atoms with E-state index < -0.39 is 10.0 Å². The van der Waals surface area contributed by atoms with Crippen molar-refractivity contribution in [2.24, 2.45) is 5.92 Å². The van der Waals surface area contributed by atoms with E-state index in [1.54, 1.807) is 29.4 Å². The third kappa shape index (κ3) is 2.57. The first kappa shape index (κ1) is 14.5. The van der Waals surface area contributed by atoms with Gasteiger partial charge in [-0.05, 0) is 56.0 Å². The Labute approximate surface area is 125 Å². The summed E-state index contributed by atoms with van der Waals surface area (Å²) in [6.07, 6.45) is 1.92. The van der Waals surface area contributed by atoms with Gasteiger partial charge in [0.1, 0.15) is 0 Å². The molecule has 0 amide bonds. The molecule has 1 aromatic rings. The van der Waals surface area contributed by atoms with E-state index in [0.717, 1.165) is 19.4 Å². The summed E-state index contributed by atoms with van der Waals surface area (Å²) >= 11 is 0. The van der Waals surface area contributed by atoms with Gasteiger partial charge in [-0.15, -0.1) is 0 Å². The lowest BCUT2D eigenvalue weighted by atomic mass is 9.95. The van der Waals surface area contributed by atoms with Crippen LogP contribution in [-0.4, -0.2) is 38.4 Å². The van der Waals surface area contributed by atoms with Gasteiger partial charge in [-0.25, -0.2) is 8.42 Å². The van der Waals surface area contributed by atoms with Crippen molar-refractivity contribution in [3.05, 3.63) is 29.3 Å². The second-order valence-corrected chi connectivity index (χ2v) is 7.79. The van der Waals surface area contributed by atoms with Crippen molar-refractivity contribution in [2.75, 3.05) is 19.6 Å². The molecular formula is C15H19N3O2S. The third-order valence-electron chi connectivity index (χ3n) is 4.57. The quantitative estimate of drug-likeness (QED) is 0.892. The molecule has 6 heteroatoms. The fraction of sp³-hybridized carbons (Fsp3) is 0.533. The molecule has 2 atom stereocenters. The van der Waals surface area contributed by atoms with Crippen LogP contribution in [0.3, 0.4) is 0 Å². The van der Waals surface area contributed by atoms with E-state index in [-0.39, 0.29) is 0 Å². The van der Waals surface area contributed by atoms with Gasteiger partial charge in [0.2, 0.25) is 10.0 Å². The second-order valence-electron chi connectivity index (χ2n) is 5.85. The van der Waals surface area contributed by atoms with E-state index in [4.69, 9.17) is 5.26 Å². The number of benzene rings is 1. The monoisotopic (exact) mass is 305 g/mol. The van der Waals surface area contributed by atoms with Gasteiger partial charge in [0.25, 0.3) is 0 Å². The van der Waals surface area contributed by atoms with Crippen LogP contribution in [0.2, 0.25) is 0 Å². The van der Waals surface area contributed by atoms with Crippen LogP contribution >= 0.6 is 0 Å². The number of aryl methyl sites for hydroxylation is 1. The van der Waals surface area contributed by atoms with E-state index in [1.165, 1.54) is 0 Å². The lowest BCUT2D eigenvalue weighted by molar-refractivity contribution is 0.247. The summed E-state index contributed by atoms with van der Waals surface area (Å²) in [6, 6.07) is 7.27. The first-order valence-corrected chi connectivity index (χ1v) is 8.70. The zero-order valence-corrected chi connectivity index (χ0v) is 12.9. The molecule has 0 bridgehead atoms. The Morgan fingerprint density at radius 3 is 2.90 bits per heavy atom. The molecule has 0 aromatic heterocycles. The molecule has 112 valence electrons. The zero-order chi connectivity index (χ0) is 15.0. The molecular weight excluding hydrogens is 286 g/mol. The van der Waals surface area contributed by atoms with Crippen molar-refractivity contribution in [1.82, 2.24) is 9.62 Å². The van der Waals surface area contributed by atoms with Crippen LogP contribution in [0.5, 0.6) is 0 Å². The minimum absolute atomic E-state index is 0.295. The molecule has 1 aromatic carbocycles. The smallest absolute Gasteiger partial charge is 0.243 e. The van der Waals surface area contributed by atoms with Gasteiger partial charge >= 0.3 is 0 Å². The van der Waals surface area contributed by atoms with Crippen LogP contribution in [-0.2, 0) is 10.0 Å². The van der Waals surface area contributed by atoms with Crippen molar-refractivity contribution in [3.8, 4) is 6.07 Å². The molecule has 2 unspecified atom stereocenters. The summed E-state index contributed by atoms with van der Waals surface area (Å²) in [6.45, 7) is 3.92. The zero-order valence-electron chi connectivity index (χ0n) is 12.0. The van der Waals surface area contributed by atoms with Crippen LogP contribution in [0.1, 0.15) is 24.0 Å². The van der Waals surface area contributed by atoms with Crippen molar-refractivity contribution in [3.63, 3.8) is 0 Å². The van der Waals surface area contributed by atoms with Crippen LogP contribution in [0, 0.1) is 24.2 Å². The summed E-state index contributed by atoms with van der Waals surface area (Å²) in [5.41, 5.74) is 1.23. The average Bonchev–Trinajstić information content (AvgIpc) is 2.94. The lowest BCUT2D eigenvalue weighted by Gasteiger charge is -2.34. The SMILES string of the molecule is Cc1cc(S(=O)(=O)N2CCC3NCCC3C2)ccc1C#N. The number of nitriles is 1. The molecule has 2 fully saturated rings. The van der Waals surface area contributed by atoms with E-state index in [1.807, 2.05) is 0 Å². The molecule has 0 radical (unpaired) electrons. The molecule has 2 aliphatic rings. The van der Waals surface area contributed by atoms with Crippen LogP contribution in [0.15, 0.2) is 23.1 Å². The first-order valence-electron chi connectivity index (χ1n) is 7.26. The minimum Gasteiger partial charge on any atom is -0.314 e. The van der Waals surface area contributed by atoms with Gasteiger partial charge in [0, 0.05) is 19.1 Å². The van der Waals surface area contributed by atoms with Crippen molar-refractivity contribution < 1.29 is 8.42 Å². The Bertz CT molecular complexity index is 693. The maximum Gasteiger partial charge on any atom is 0.243 e. The standard InChI is InChI=1S/C15H19N3O2S/c1-11-8-14(3-2-12(11)9-16)21(19,20)18-7-5-15-13(10-18)4-6-17-15/h2-3,8,13,15,17H,4-7,10H2,1H3. The van der Waals surface area contributed by atoms with E-state index in [2.05, 4.69) is 11.4 Å². The lowest BCUT2D eigenvalue weighted by Crippen LogP contribution is -2.46. The predicted molar refractivity (Wildman–Crippen MR) is 79.2 cm³/mol. The molecule has 2 aliphatic heterocycles. The number of piperidine rings is 1. The van der Waals surface area contributed by atoms with Gasteiger partial charge in [0.05, 0.1) is 16.5 Å². The molecule has 0 aliphatic carbocycles. The Kier molecular flexibility index (Phi) is 3.74. The van der Waals surface area contributed by atoms with Crippen molar-refractivity contribution >= 4 is 10.0 Å². The average molecular weight is 305 g/mol. The summed E-state index contributed by atoms with van der Waals surface area (Å²) in [5.74, 6) is 0.424. The minimum atomic E-state index is -3.45. The molecule has 3 rings (SSSR count). The summed E-state index contributed by atoms with van der Waals surface area (Å²) in [7, 11) is -3.45. The summed E-state index contributed by atoms with van der Waals surface area (Å²) in [5, 5.41) is 12.4. The molecule has 2 saturated heterocycles. The number of rotatable bonds is 2. The van der Waals surface area contributed by atoms with Crippen molar-refractivity contribution in [1.29, 1.82) is 5.26 Å². The highest BCUT2D eigenvalue weighted by molar-refractivity contribution is 7.89. The highest BCUT2D eigenvalue weighted by Crippen LogP contribution is 2.29. The molecule has 21 heavy (non-hydrogen) atoms. The fourth-order valence-corrected chi connectivity index (χ4v) is 4.90. The topological polar surface area (TPSA) is 73.2 Å². The Morgan fingerprint density at radius 1 is 1.38 bits per heavy atom. The van der Waals surface area contributed by atoms with Crippen LogP contribution in [0.25, 0.3) is 0 Å². The van der Waals surface area contributed by atoms with Gasteiger partial charge in [-0.2, -0.15) is 9.57 Å². The van der Waals surface area contributed by atoms with Gasteiger partial charge < -0.3 is 5.32 Å². The number of nitrogens with one attached hydrogen (secondary N) is 1. The Hall–Kier alpha value is -1.42.